The van der Waals surface area contributed by atoms with Gasteiger partial charge in [-0.2, -0.15) is 0 Å². The fraction of sp³-hybridized carbons (Fsp3) is 0.875. The number of aldehydes is 1. The summed E-state index contributed by atoms with van der Waals surface area (Å²) in [5.74, 6) is 2.09. The van der Waals surface area contributed by atoms with E-state index in [0.717, 1.165) is 38.5 Å². The third-order valence-corrected chi connectivity index (χ3v) is 9.97. The molecule has 0 aromatic carbocycles. The molecule has 0 amide bonds. The molecule has 4 aliphatic rings. The van der Waals surface area contributed by atoms with E-state index in [4.69, 9.17) is 4.74 Å². The van der Waals surface area contributed by atoms with E-state index in [9.17, 15) is 14.4 Å². The monoisotopic (exact) mass is 388 g/mol. The first-order valence-corrected chi connectivity index (χ1v) is 11.3. The maximum atomic E-state index is 12.6. The number of ketones is 1. The van der Waals surface area contributed by atoms with E-state index in [2.05, 4.69) is 27.7 Å². The van der Waals surface area contributed by atoms with E-state index in [1.165, 1.54) is 13.2 Å². The van der Waals surface area contributed by atoms with Gasteiger partial charge >= 0.3 is 5.97 Å². The van der Waals surface area contributed by atoms with Gasteiger partial charge in [0.15, 0.2) is 0 Å². The lowest BCUT2D eigenvalue weighted by Crippen LogP contribution is -2.61. The summed E-state index contributed by atoms with van der Waals surface area (Å²) in [5.41, 5.74) is -0.761. The van der Waals surface area contributed by atoms with E-state index < -0.39 is 5.60 Å². The van der Waals surface area contributed by atoms with E-state index >= 15 is 0 Å². The van der Waals surface area contributed by atoms with Crippen LogP contribution in [0, 0.1) is 46.3 Å². The van der Waals surface area contributed by atoms with Crippen molar-refractivity contribution in [2.45, 2.75) is 85.2 Å². The van der Waals surface area contributed by atoms with Crippen LogP contribution in [0.1, 0.15) is 79.6 Å². The normalized spacial score (nSPS) is 53.0. The maximum absolute atomic E-state index is 12.6. The Kier molecular flexibility index (Phi) is 4.60. The third kappa shape index (κ3) is 2.45. The Morgan fingerprint density at radius 3 is 2.43 bits per heavy atom. The molecule has 4 aliphatic carbocycles. The second-order valence-corrected chi connectivity index (χ2v) is 10.9. The van der Waals surface area contributed by atoms with Gasteiger partial charge in [0.25, 0.3) is 0 Å². The fourth-order valence-electron chi connectivity index (χ4n) is 8.65. The molecule has 0 saturated heterocycles. The lowest BCUT2D eigenvalue weighted by Gasteiger charge is -2.62. The summed E-state index contributed by atoms with van der Waals surface area (Å²) in [6.45, 7) is 10.3. The van der Waals surface area contributed by atoms with Gasteiger partial charge in [-0.15, -0.1) is 0 Å². The van der Waals surface area contributed by atoms with Gasteiger partial charge in [-0.1, -0.05) is 20.8 Å². The molecule has 0 bridgehead atoms. The van der Waals surface area contributed by atoms with Crippen molar-refractivity contribution in [1.82, 2.24) is 0 Å². The summed E-state index contributed by atoms with van der Waals surface area (Å²) < 4.78 is 5.91. The number of ether oxygens (including phenoxy) is 1. The SMILES string of the molecule is CC(=O)O[C@]1(C)CC[C@H]2[C@@H]3C[C@H](C)[C@H]4C(C)C(=O)CC[C@]4(C=O)[C@H]3CC[C@@]21C. The van der Waals surface area contributed by atoms with Gasteiger partial charge in [0, 0.05) is 30.1 Å². The van der Waals surface area contributed by atoms with Crippen LogP contribution >= 0.6 is 0 Å². The highest BCUT2D eigenvalue weighted by Crippen LogP contribution is 2.69. The van der Waals surface area contributed by atoms with E-state index in [1.54, 1.807) is 0 Å². The molecule has 4 heteroatoms. The maximum Gasteiger partial charge on any atom is 0.303 e. The molecule has 156 valence electrons. The second kappa shape index (κ2) is 6.40. The summed E-state index contributed by atoms with van der Waals surface area (Å²) in [5, 5.41) is 0. The largest absolute Gasteiger partial charge is 0.459 e. The van der Waals surface area contributed by atoms with Crippen molar-refractivity contribution in [3.05, 3.63) is 0 Å². The van der Waals surface area contributed by atoms with Crippen LogP contribution in [-0.2, 0) is 19.1 Å². The number of rotatable bonds is 2. The van der Waals surface area contributed by atoms with Crippen LogP contribution < -0.4 is 0 Å². The highest BCUT2D eigenvalue weighted by Gasteiger charge is 2.67. The van der Waals surface area contributed by atoms with Crippen LogP contribution in [0.25, 0.3) is 0 Å². The summed E-state index contributed by atoms with van der Waals surface area (Å²) in [7, 11) is 0. The van der Waals surface area contributed by atoms with Gasteiger partial charge < -0.3 is 9.53 Å². The highest BCUT2D eigenvalue weighted by molar-refractivity contribution is 5.84. The van der Waals surface area contributed by atoms with Crippen molar-refractivity contribution in [3.63, 3.8) is 0 Å². The first-order valence-electron chi connectivity index (χ1n) is 11.3. The molecule has 4 saturated carbocycles. The molecule has 0 heterocycles. The average molecular weight is 389 g/mol. The summed E-state index contributed by atoms with van der Waals surface area (Å²) in [4.78, 5) is 36.9. The van der Waals surface area contributed by atoms with Crippen molar-refractivity contribution in [2.24, 2.45) is 46.3 Å². The molecular formula is C24H36O4. The lowest BCUT2D eigenvalue weighted by atomic mass is 9.41. The Bertz CT molecular complexity index is 701. The van der Waals surface area contributed by atoms with Crippen molar-refractivity contribution in [2.75, 3.05) is 0 Å². The standard InChI is InChI=1S/C24H36O4/c1-14-12-17-18-7-10-23(5,28-16(3)26)22(18,4)9-6-19(17)24(13-25)11-8-20(27)15(2)21(14)24/h13-15,17-19,21H,6-12H2,1-5H3/t14-,15?,17-,18-,19-,21-,22-,23+,24-/m0/s1. The zero-order valence-corrected chi connectivity index (χ0v) is 18.1. The molecule has 0 aliphatic heterocycles. The number of carbonyl (C=O) groups excluding carboxylic acids is 3. The fourth-order valence-corrected chi connectivity index (χ4v) is 8.65. The Morgan fingerprint density at radius 1 is 1.11 bits per heavy atom. The van der Waals surface area contributed by atoms with Crippen LogP contribution in [0.15, 0.2) is 0 Å². The third-order valence-electron chi connectivity index (χ3n) is 9.97. The van der Waals surface area contributed by atoms with Crippen LogP contribution in [-0.4, -0.2) is 23.6 Å². The van der Waals surface area contributed by atoms with Gasteiger partial charge in [0.05, 0.1) is 0 Å². The Morgan fingerprint density at radius 2 is 1.79 bits per heavy atom. The summed E-state index contributed by atoms with van der Waals surface area (Å²) in [6, 6.07) is 0. The zero-order chi connectivity index (χ0) is 20.5. The molecule has 0 radical (unpaired) electrons. The topological polar surface area (TPSA) is 60.4 Å². The van der Waals surface area contributed by atoms with Crippen LogP contribution in [0.4, 0.5) is 0 Å². The van der Waals surface area contributed by atoms with Gasteiger partial charge in [0.2, 0.25) is 0 Å². The number of hydrogen-bond acceptors (Lipinski definition) is 4. The van der Waals surface area contributed by atoms with Crippen molar-refractivity contribution in [3.8, 4) is 0 Å². The minimum absolute atomic E-state index is 0.00176. The molecule has 0 spiro atoms. The highest BCUT2D eigenvalue weighted by atomic mass is 16.6. The van der Waals surface area contributed by atoms with Crippen molar-refractivity contribution < 1.29 is 19.1 Å². The Balaban J connectivity index is 1.71. The quantitative estimate of drug-likeness (QED) is 0.513. The number of hydrogen-bond donors (Lipinski definition) is 0. The first kappa shape index (κ1) is 20.1. The van der Waals surface area contributed by atoms with Gasteiger partial charge in [-0.3, -0.25) is 9.59 Å². The second-order valence-electron chi connectivity index (χ2n) is 10.9. The van der Waals surface area contributed by atoms with E-state index in [0.29, 0.717) is 35.9 Å². The minimum Gasteiger partial charge on any atom is -0.459 e. The molecule has 28 heavy (non-hydrogen) atoms. The van der Waals surface area contributed by atoms with Crippen molar-refractivity contribution in [1.29, 1.82) is 0 Å². The molecule has 4 nitrogen and oxygen atoms in total. The summed E-state index contributed by atoms with van der Waals surface area (Å²) in [6.07, 6.45) is 7.65. The van der Waals surface area contributed by atoms with E-state index in [1.807, 2.05) is 0 Å². The predicted molar refractivity (Wildman–Crippen MR) is 106 cm³/mol. The number of Topliss-reactive ketones (excluding diaryl/α,β-unsaturated/α-hetero) is 1. The minimum atomic E-state index is -0.404. The average Bonchev–Trinajstić information content (AvgIpc) is 2.88. The molecule has 0 aromatic heterocycles. The van der Waals surface area contributed by atoms with Crippen molar-refractivity contribution >= 4 is 18.0 Å². The molecular weight excluding hydrogens is 352 g/mol. The molecule has 4 rings (SSSR count). The van der Waals surface area contributed by atoms with Crippen LogP contribution in [0.3, 0.4) is 0 Å². The van der Waals surface area contributed by atoms with Gasteiger partial charge in [-0.25, -0.2) is 0 Å². The molecule has 9 atom stereocenters. The Hall–Kier alpha value is -1.19. The zero-order valence-electron chi connectivity index (χ0n) is 18.1. The first-order chi connectivity index (χ1) is 13.1. The predicted octanol–water partition coefficient (Wildman–Crippen LogP) is 4.59. The molecule has 1 unspecified atom stereocenters. The lowest BCUT2D eigenvalue weighted by molar-refractivity contribution is -0.190. The van der Waals surface area contributed by atoms with Crippen LogP contribution in [0.2, 0.25) is 0 Å². The molecule has 0 aromatic rings. The van der Waals surface area contributed by atoms with Gasteiger partial charge in [0.1, 0.15) is 17.7 Å². The Labute approximate surface area is 169 Å². The number of esters is 1. The molecule has 4 fully saturated rings. The van der Waals surface area contributed by atoms with Gasteiger partial charge in [-0.05, 0) is 75.0 Å². The van der Waals surface area contributed by atoms with E-state index in [-0.39, 0.29) is 28.6 Å². The smallest absolute Gasteiger partial charge is 0.303 e. The summed E-state index contributed by atoms with van der Waals surface area (Å²) >= 11 is 0. The number of carbonyl (C=O) groups is 3. The molecule has 0 N–H and O–H groups in total. The van der Waals surface area contributed by atoms with Crippen LogP contribution in [0.5, 0.6) is 0 Å². The number of fused-ring (bicyclic) bond motifs is 5.